The Hall–Kier alpha value is -0.960. The summed E-state index contributed by atoms with van der Waals surface area (Å²) in [5, 5.41) is 0. The van der Waals surface area contributed by atoms with E-state index in [9.17, 15) is 0 Å². The molecule has 0 bridgehead atoms. The molecule has 8 heavy (non-hydrogen) atoms. The molecule has 0 N–H and O–H groups in total. The van der Waals surface area contributed by atoms with E-state index in [0.717, 1.165) is 5.57 Å². The second-order valence-electron chi connectivity index (χ2n) is 1.66. The minimum absolute atomic E-state index is 0.701. The van der Waals surface area contributed by atoms with Crippen LogP contribution in [0.4, 0.5) is 0 Å². The molecule has 0 amide bonds. The number of allylic oxidation sites excluding steroid dienone is 3. The molecule has 0 aromatic heterocycles. The van der Waals surface area contributed by atoms with Crippen molar-refractivity contribution in [2.45, 2.75) is 13.3 Å². The van der Waals surface area contributed by atoms with E-state index >= 15 is 0 Å². The van der Waals surface area contributed by atoms with Gasteiger partial charge in [-0.2, -0.15) is 0 Å². The van der Waals surface area contributed by atoms with Crippen molar-refractivity contribution in [2.75, 3.05) is 0 Å². The molecule has 0 aliphatic rings. The zero-order chi connectivity index (χ0) is 6.41. The van der Waals surface area contributed by atoms with Gasteiger partial charge in [-0.05, 0) is 6.92 Å². The van der Waals surface area contributed by atoms with E-state index in [-0.39, 0.29) is 0 Å². The molecule has 0 heteroatoms. The van der Waals surface area contributed by atoms with Gasteiger partial charge in [0.25, 0.3) is 0 Å². The fourth-order valence-corrected chi connectivity index (χ4v) is 0.328. The van der Waals surface area contributed by atoms with Crippen molar-refractivity contribution in [1.82, 2.24) is 0 Å². The van der Waals surface area contributed by atoms with Crippen molar-refractivity contribution in [3.8, 4) is 12.3 Å². The minimum Gasteiger partial charge on any atom is -0.120 e. The van der Waals surface area contributed by atoms with Gasteiger partial charge < -0.3 is 0 Å². The second-order valence-corrected chi connectivity index (χ2v) is 1.66. The number of terminal acetylenes is 1. The Morgan fingerprint density at radius 3 is 2.88 bits per heavy atom. The van der Waals surface area contributed by atoms with Crippen LogP contribution in [-0.4, -0.2) is 0 Å². The van der Waals surface area contributed by atoms with Crippen molar-refractivity contribution in [3.63, 3.8) is 0 Å². The molecule has 0 nitrogen and oxygen atoms in total. The van der Waals surface area contributed by atoms with E-state index in [4.69, 9.17) is 6.42 Å². The SMILES string of the molecule is C#CC/C=C\C(=C)C. The van der Waals surface area contributed by atoms with Gasteiger partial charge in [-0.15, -0.1) is 12.3 Å². The maximum Gasteiger partial charge on any atom is 0.0270 e. The van der Waals surface area contributed by atoms with Crippen LogP contribution in [0.3, 0.4) is 0 Å². The van der Waals surface area contributed by atoms with Crippen LogP contribution in [0.2, 0.25) is 0 Å². The molecule has 0 saturated heterocycles. The van der Waals surface area contributed by atoms with Gasteiger partial charge in [0.15, 0.2) is 0 Å². The summed E-state index contributed by atoms with van der Waals surface area (Å²) in [5.74, 6) is 2.50. The molecule has 0 rings (SSSR count). The molecular formula is C8H10. The predicted octanol–water partition coefficient (Wildman–Crippen LogP) is 2.14. The summed E-state index contributed by atoms with van der Waals surface area (Å²) < 4.78 is 0. The van der Waals surface area contributed by atoms with Gasteiger partial charge in [-0.3, -0.25) is 0 Å². The van der Waals surface area contributed by atoms with Crippen molar-refractivity contribution in [2.24, 2.45) is 0 Å². The smallest absolute Gasteiger partial charge is 0.0270 e. The third-order valence-corrected chi connectivity index (χ3v) is 0.638. The monoisotopic (exact) mass is 106 g/mol. The third kappa shape index (κ3) is 5.04. The molecule has 0 radical (unpaired) electrons. The van der Waals surface area contributed by atoms with Crippen LogP contribution in [-0.2, 0) is 0 Å². The van der Waals surface area contributed by atoms with Crippen LogP contribution in [0, 0.1) is 12.3 Å². The van der Waals surface area contributed by atoms with E-state index in [1.807, 2.05) is 19.1 Å². The van der Waals surface area contributed by atoms with Crippen LogP contribution < -0.4 is 0 Å². The van der Waals surface area contributed by atoms with Gasteiger partial charge in [-0.25, -0.2) is 0 Å². The zero-order valence-electron chi connectivity index (χ0n) is 5.15. The van der Waals surface area contributed by atoms with Crippen LogP contribution in [0.15, 0.2) is 24.3 Å². The summed E-state index contributed by atoms with van der Waals surface area (Å²) in [5.41, 5.74) is 1.04. The second kappa shape index (κ2) is 4.21. The van der Waals surface area contributed by atoms with Crippen molar-refractivity contribution in [3.05, 3.63) is 24.3 Å². The first kappa shape index (κ1) is 7.04. The third-order valence-electron chi connectivity index (χ3n) is 0.638. The quantitative estimate of drug-likeness (QED) is 0.373. The Bertz CT molecular complexity index is 133. The molecular weight excluding hydrogens is 96.1 g/mol. The van der Waals surface area contributed by atoms with E-state index < -0.39 is 0 Å². The van der Waals surface area contributed by atoms with Gasteiger partial charge in [0, 0.05) is 6.42 Å². The molecule has 0 aliphatic carbocycles. The van der Waals surface area contributed by atoms with Crippen LogP contribution >= 0.6 is 0 Å². The van der Waals surface area contributed by atoms with E-state index in [2.05, 4.69) is 12.5 Å². The molecule has 0 atom stereocenters. The lowest BCUT2D eigenvalue weighted by Crippen LogP contribution is -1.60. The first-order valence-corrected chi connectivity index (χ1v) is 2.53. The Labute approximate surface area is 50.9 Å². The van der Waals surface area contributed by atoms with E-state index in [1.54, 1.807) is 0 Å². The highest BCUT2D eigenvalue weighted by molar-refractivity contribution is 5.12. The number of hydrogen-bond acceptors (Lipinski definition) is 0. The molecule has 0 spiro atoms. The Morgan fingerprint density at radius 1 is 1.88 bits per heavy atom. The van der Waals surface area contributed by atoms with Crippen LogP contribution in [0.5, 0.6) is 0 Å². The molecule has 0 fully saturated rings. The topological polar surface area (TPSA) is 0 Å². The average molecular weight is 106 g/mol. The zero-order valence-corrected chi connectivity index (χ0v) is 5.15. The maximum absolute atomic E-state index is 4.98. The van der Waals surface area contributed by atoms with Crippen molar-refractivity contribution in [1.29, 1.82) is 0 Å². The molecule has 0 heterocycles. The Balaban J connectivity index is 3.38. The minimum atomic E-state index is 0.701. The molecule has 0 saturated carbocycles. The van der Waals surface area contributed by atoms with Crippen LogP contribution in [0.25, 0.3) is 0 Å². The summed E-state index contributed by atoms with van der Waals surface area (Å²) in [4.78, 5) is 0. The number of rotatable bonds is 2. The summed E-state index contributed by atoms with van der Waals surface area (Å²) in [6, 6.07) is 0. The van der Waals surface area contributed by atoms with Gasteiger partial charge in [-0.1, -0.05) is 24.3 Å². The molecule has 0 unspecified atom stereocenters. The number of hydrogen-bond donors (Lipinski definition) is 0. The molecule has 42 valence electrons. The van der Waals surface area contributed by atoms with E-state index in [0.29, 0.717) is 6.42 Å². The van der Waals surface area contributed by atoms with Crippen LogP contribution in [0.1, 0.15) is 13.3 Å². The molecule has 0 aromatic carbocycles. The fourth-order valence-electron chi connectivity index (χ4n) is 0.328. The molecule has 0 aromatic rings. The lowest BCUT2D eigenvalue weighted by Gasteiger charge is -1.79. The normalized spacial score (nSPS) is 9.00. The van der Waals surface area contributed by atoms with E-state index in [1.165, 1.54) is 0 Å². The first-order valence-electron chi connectivity index (χ1n) is 2.53. The maximum atomic E-state index is 4.98. The fraction of sp³-hybridized carbons (Fsp3) is 0.250. The largest absolute Gasteiger partial charge is 0.120 e. The highest BCUT2D eigenvalue weighted by atomic mass is 13.8. The summed E-state index contributed by atoms with van der Waals surface area (Å²) in [6.07, 6.45) is 9.52. The van der Waals surface area contributed by atoms with Crippen molar-refractivity contribution < 1.29 is 0 Å². The predicted molar refractivity (Wildman–Crippen MR) is 37.4 cm³/mol. The summed E-state index contributed by atoms with van der Waals surface area (Å²) in [7, 11) is 0. The van der Waals surface area contributed by atoms with Crippen molar-refractivity contribution >= 4 is 0 Å². The average Bonchev–Trinajstić information content (AvgIpc) is 1.66. The summed E-state index contributed by atoms with van der Waals surface area (Å²) >= 11 is 0. The van der Waals surface area contributed by atoms with Gasteiger partial charge >= 0.3 is 0 Å². The van der Waals surface area contributed by atoms with Gasteiger partial charge in [0.2, 0.25) is 0 Å². The Kier molecular flexibility index (Phi) is 3.70. The first-order chi connectivity index (χ1) is 3.77. The molecule has 0 aliphatic heterocycles. The lowest BCUT2D eigenvalue weighted by molar-refractivity contribution is 1.43. The van der Waals surface area contributed by atoms with Gasteiger partial charge in [0.1, 0.15) is 0 Å². The lowest BCUT2D eigenvalue weighted by atomic mass is 10.3. The summed E-state index contributed by atoms with van der Waals surface area (Å²) in [6.45, 7) is 5.61. The highest BCUT2D eigenvalue weighted by Crippen LogP contribution is 1.89. The highest BCUT2D eigenvalue weighted by Gasteiger charge is 1.69. The van der Waals surface area contributed by atoms with Gasteiger partial charge in [0.05, 0.1) is 0 Å². The Morgan fingerprint density at radius 2 is 2.50 bits per heavy atom. The standard InChI is InChI=1S/C8H10/c1-4-5-6-7-8(2)3/h1,6-7H,2,5H2,3H3/b7-6-.